The number of benzene rings is 2. The van der Waals surface area contributed by atoms with Crippen molar-refractivity contribution < 1.29 is 14.3 Å². The SMILES string of the molecule is O=C(CCN1CCC(c2ccccc2)C1)c1cc(Cl)c2c(c1)OCCC2=O. The van der Waals surface area contributed by atoms with Gasteiger partial charge in [0.25, 0.3) is 0 Å². The van der Waals surface area contributed by atoms with Crippen LogP contribution in [0, 0.1) is 0 Å². The van der Waals surface area contributed by atoms with Gasteiger partial charge in [-0.2, -0.15) is 0 Å². The van der Waals surface area contributed by atoms with Crippen LogP contribution in [0.3, 0.4) is 0 Å². The van der Waals surface area contributed by atoms with Gasteiger partial charge in [0.15, 0.2) is 11.6 Å². The highest BCUT2D eigenvalue weighted by molar-refractivity contribution is 6.35. The van der Waals surface area contributed by atoms with Gasteiger partial charge in [0.1, 0.15) is 5.75 Å². The first-order chi connectivity index (χ1) is 13.1. The van der Waals surface area contributed by atoms with E-state index >= 15 is 0 Å². The normalized spacial score (nSPS) is 19.6. The van der Waals surface area contributed by atoms with E-state index in [4.69, 9.17) is 16.3 Å². The lowest BCUT2D eigenvalue weighted by Gasteiger charge is -2.19. The smallest absolute Gasteiger partial charge is 0.171 e. The molecule has 1 saturated heterocycles. The number of rotatable bonds is 5. The number of ether oxygens (including phenoxy) is 1. The Kier molecular flexibility index (Phi) is 5.28. The topological polar surface area (TPSA) is 46.6 Å². The maximum Gasteiger partial charge on any atom is 0.171 e. The summed E-state index contributed by atoms with van der Waals surface area (Å²) in [6.07, 6.45) is 1.89. The van der Waals surface area contributed by atoms with E-state index in [0.29, 0.717) is 47.3 Å². The Bertz CT molecular complexity index is 865. The number of hydrogen-bond donors (Lipinski definition) is 0. The summed E-state index contributed by atoms with van der Waals surface area (Å²) < 4.78 is 5.54. The lowest BCUT2D eigenvalue weighted by molar-refractivity contribution is 0.0927. The number of Topliss-reactive ketones (excluding diaryl/α,β-unsaturated/α-hetero) is 2. The Labute approximate surface area is 164 Å². The fraction of sp³-hybridized carbons (Fsp3) is 0.364. The number of ketones is 2. The van der Waals surface area contributed by atoms with Crippen LogP contribution in [0.2, 0.25) is 5.02 Å². The van der Waals surface area contributed by atoms with Crippen molar-refractivity contribution in [2.75, 3.05) is 26.2 Å². The van der Waals surface area contributed by atoms with Gasteiger partial charge >= 0.3 is 0 Å². The number of carbonyl (C=O) groups is 2. The maximum atomic E-state index is 12.6. The molecule has 2 aliphatic rings. The minimum absolute atomic E-state index is 0.0238. The van der Waals surface area contributed by atoms with Gasteiger partial charge < -0.3 is 9.64 Å². The maximum absolute atomic E-state index is 12.6. The number of carbonyl (C=O) groups excluding carboxylic acids is 2. The first kappa shape index (κ1) is 18.2. The average Bonchev–Trinajstić information content (AvgIpc) is 3.15. The van der Waals surface area contributed by atoms with Crippen LogP contribution in [0.5, 0.6) is 5.75 Å². The highest BCUT2D eigenvalue weighted by atomic mass is 35.5. The Morgan fingerprint density at radius 2 is 2.04 bits per heavy atom. The van der Waals surface area contributed by atoms with Crippen LogP contribution in [0.1, 0.15) is 51.5 Å². The molecule has 1 atom stereocenters. The molecule has 0 bridgehead atoms. The minimum Gasteiger partial charge on any atom is -0.492 e. The first-order valence-electron chi connectivity index (χ1n) is 9.42. The van der Waals surface area contributed by atoms with Crippen LogP contribution >= 0.6 is 11.6 Å². The van der Waals surface area contributed by atoms with Crippen LogP contribution in [0.25, 0.3) is 0 Å². The Balaban J connectivity index is 1.38. The molecule has 0 N–H and O–H groups in total. The van der Waals surface area contributed by atoms with Gasteiger partial charge in [0.05, 0.1) is 17.2 Å². The van der Waals surface area contributed by atoms with Crippen molar-refractivity contribution in [2.45, 2.75) is 25.2 Å². The van der Waals surface area contributed by atoms with Crippen molar-refractivity contribution in [1.29, 1.82) is 0 Å². The molecular formula is C22H22ClNO3. The summed E-state index contributed by atoms with van der Waals surface area (Å²) in [6, 6.07) is 13.8. The molecule has 2 aromatic carbocycles. The standard InChI is InChI=1S/C22H22ClNO3/c23-18-12-17(13-21-22(18)20(26)8-11-27-21)19(25)7-10-24-9-6-16(14-24)15-4-2-1-3-5-15/h1-5,12-13,16H,6-11,14H2. The third-order valence-corrected chi connectivity index (χ3v) is 5.74. The van der Waals surface area contributed by atoms with Crippen LogP contribution in [-0.2, 0) is 0 Å². The van der Waals surface area contributed by atoms with E-state index in [9.17, 15) is 9.59 Å². The fourth-order valence-electron chi connectivity index (χ4n) is 3.94. The van der Waals surface area contributed by atoms with Crippen molar-refractivity contribution in [3.8, 4) is 5.75 Å². The molecule has 5 heteroatoms. The van der Waals surface area contributed by atoms with Crippen LogP contribution < -0.4 is 4.74 Å². The van der Waals surface area contributed by atoms with Gasteiger partial charge in [-0.25, -0.2) is 0 Å². The molecule has 2 heterocycles. The zero-order valence-electron chi connectivity index (χ0n) is 15.1. The van der Waals surface area contributed by atoms with Crippen molar-refractivity contribution in [3.63, 3.8) is 0 Å². The van der Waals surface area contributed by atoms with Gasteiger partial charge in [-0.1, -0.05) is 41.9 Å². The Morgan fingerprint density at radius 1 is 1.22 bits per heavy atom. The highest BCUT2D eigenvalue weighted by Gasteiger charge is 2.26. The van der Waals surface area contributed by atoms with Crippen LogP contribution in [-0.4, -0.2) is 42.7 Å². The second-order valence-electron chi connectivity index (χ2n) is 7.22. The summed E-state index contributed by atoms with van der Waals surface area (Å²) in [4.78, 5) is 27.0. The summed E-state index contributed by atoms with van der Waals surface area (Å²) >= 11 is 6.24. The van der Waals surface area contributed by atoms with Gasteiger partial charge in [0.2, 0.25) is 0 Å². The van der Waals surface area contributed by atoms with E-state index < -0.39 is 0 Å². The van der Waals surface area contributed by atoms with E-state index in [0.717, 1.165) is 26.1 Å². The summed E-state index contributed by atoms with van der Waals surface area (Å²) in [5.74, 6) is 0.986. The molecule has 0 saturated carbocycles. The molecule has 1 fully saturated rings. The quantitative estimate of drug-likeness (QED) is 0.719. The van der Waals surface area contributed by atoms with Crippen molar-refractivity contribution in [1.82, 2.24) is 4.90 Å². The summed E-state index contributed by atoms with van der Waals surface area (Å²) in [5, 5.41) is 0.311. The molecule has 4 rings (SSSR count). The molecular weight excluding hydrogens is 362 g/mol. The summed E-state index contributed by atoms with van der Waals surface area (Å²) in [5.41, 5.74) is 2.30. The van der Waals surface area contributed by atoms with Gasteiger partial charge in [0, 0.05) is 31.5 Å². The highest BCUT2D eigenvalue weighted by Crippen LogP contribution is 2.33. The first-order valence-corrected chi connectivity index (χ1v) is 9.79. The van der Waals surface area contributed by atoms with E-state index in [1.54, 1.807) is 12.1 Å². The van der Waals surface area contributed by atoms with Gasteiger partial charge in [-0.3, -0.25) is 9.59 Å². The fourth-order valence-corrected chi connectivity index (χ4v) is 4.26. The molecule has 0 amide bonds. The van der Waals surface area contributed by atoms with Gasteiger partial charge in [-0.15, -0.1) is 0 Å². The molecule has 2 aromatic rings. The molecule has 0 aromatic heterocycles. The molecule has 2 aliphatic heterocycles. The molecule has 140 valence electrons. The second-order valence-corrected chi connectivity index (χ2v) is 7.63. The van der Waals surface area contributed by atoms with Crippen LogP contribution in [0.15, 0.2) is 42.5 Å². The lowest BCUT2D eigenvalue weighted by Crippen LogP contribution is -2.24. The second kappa shape index (κ2) is 7.83. The number of halogens is 1. The molecule has 27 heavy (non-hydrogen) atoms. The number of likely N-dealkylation sites (tertiary alicyclic amines) is 1. The molecule has 1 unspecified atom stereocenters. The zero-order valence-corrected chi connectivity index (χ0v) is 15.9. The predicted molar refractivity (Wildman–Crippen MR) is 105 cm³/mol. The number of fused-ring (bicyclic) bond motifs is 1. The summed E-state index contributed by atoms with van der Waals surface area (Å²) in [7, 11) is 0. The van der Waals surface area contributed by atoms with Crippen LogP contribution in [0.4, 0.5) is 0 Å². The van der Waals surface area contributed by atoms with Crippen molar-refractivity contribution in [2.24, 2.45) is 0 Å². The molecule has 0 spiro atoms. The van der Waals surface area contributed by atoms with Crippen molar-refractivity contribution in [3.05, 3.63) is 64.2 Å². The Hall–Kier alpha value is -2.17. The molecule has 4 nitrogen and oxygen atoms in total. The average molecular weight is 384 g/mol. The Morgan fingerprint density at radius 3 is 2.85 bits per heavy atom. The largest absolute Gasteiger partial charge is 0.492 e. The van der Waals surface area contributed by atoms with E-state index in [1.807, 2.05) is 6.07 Å². The third-order valence-electron chi connectivity index (χ3n) is 5.44. The van der Waals surface area contributed by atoms with E-state index in [-0.39, 0.29) is 11.6 Å². The number of nitrogens with zero attached hydrogens (tertiary/aromatic N) is 1. The van der Waals surface area contributed by atoms with Crippen molar-refractivity contribution >= 4 is 23.2 Å². The summed E-state index contributed by atoms with van der Waals surface area (Å²) in [6.45, 7) is 3.07. The monoisotopic (exact) mass is 383 g/mol. The van der Waals surface area contributed by atoms with Gasteiger partial charge in [-0.05, 0) is 36.6 Å². The van der Waals surface area contributed by atoms with E-state index in [2.05, 4.69) is 29.2 Å². The predicted octanol–water partition coefficient (Wildman–Crippen LogP) is 4.37. The minimum atomic E-state index is -0.0238. The third kappa shape index (κ3) is 3.92. The zero-order chi connectivity index (χ0) is 18.8. The van der Waals surface area contributed by atoms with E-state index in [1.165, 1.54) is 5.56 Å². The molecule has 0 aliphatic carbocycles. The molecule has 0 radical (unpaired) electrons. The lowest BCUT2D eigenvalue weighted by atomic mass is 9.99. The number of hydrogen-bond acceptors (Lipinski definition) is 4.